The molecule has 39 heavy (non-hydrogen) atoms. The molecule has 0 radical (unpaired) electrons. The molecule has 1 N–H and O–H groups in total. The topological polar surface area (TPSA) is 86.8 Å². The van der Waals surface area contributed by atoms with Crippen molar-refractivity contribution in [2.45, 2.75) is 38.3 Å². The van der Waals surface area contributed by atoms with Gasteiger partial charge in [0.05, 0.1) is 10.6 Å². The number of hydrogen-bond acceptors (Lipinski definition) is 4. The molecule has 0 spiro atoms. The normalized spacial score (nSPS) is 12.1. The Morgan fingerprint density at radius 3 is 2.08 bits per heavy atom. The van der Waals surface area contributed by atoms with Crippen molar-refractivity contribution in [2.24, 2.45) is 0 Å². The summed E-state index contributed by atoms with van der Waals surface area (Å²) in [6, 6.07) is 14.3. The predicted molar refractivity (Wildman–Crippen MR) is 157 cm³/mol. The molecular weight excluding hydrogens is 604 g/mol. The third-order valence-corrected chi connectivity index (χ3v) is 8.71. The Kier molecular flexibility index (Phi) is 10.5. The molecule has 0 fully saturated rings. The van der Waals surface area contributed by atoms with Gasteiger partial charge in [-0.3, -0.25) is 13.9 Å². The summed E-state index contributed by atoms with van der Waals surface area (Å²) in [5.41, 5.74) is 1.49. The number of aryl methyl sites for hydroxylation is 1. The molecule has 208 valence electrons. The Morgan fingerprint density at radius 2 is 1.51 bits per heavy atom. The molecule has 0 bridgehead atoms. The summed E-state index contributed by atoms with van der Waals surface area (Å²) in [7, 11) is -4.25. The third-order valence-electron chi connectivity index (χ3n) is 5.90. The number of nitrogens with one attached hydrogen (secondary N) is 1. The van der Waals surface area contributed by atoms with Gasteiger partial charge < -0.3 is 10.2 Å². The van der Waals surface area contributed by atoms with Crippen LogP contribution < -0.4 is 9.62 Å². The number of carbonyl (C=O) groups is 2. The number of anilines is 1. The summed E-state index contributed by atoms with van der Waals surface area (Å²) < 4.78 is 28.6. The molecule has 0 saturated carbocycles. The number of rotatable bonds is 10. The first-order valence-corrected chi connectivity index (χ1v) is 14.8. The molecule has 7 nitrogen and oxygen atoms in total. The average Bonchev–Trinajstić information content (AvgIpc) is 2.86. The van der Waals surface area contributed by atoms with E-state index < -0.39 is 34.4 Å². The molecule has 0 aliphatic carbocycles. The van der Waals surface area contributed by atoms with E-state index in [0.717, 1.165) is 9.87 Å². The first-order chi connectivity index (χ1) is 18.3. The van der Waals surface area contributed by atoms with E-state index in [9.17, 15) is 18.0 Å². The summed E-state index contributed by atoms with van der Waals surface area (Å²) in [5.74, 6) is -1.05. The predicted octanol–water partition coefficient (Wildman–Crippen LogP) is 6.36. The summed E-state index contributed by atoms with van der Waals surface area (Å²) in [4.78, 5) is 27.9. The second-order valence-corrected chi connectivity index (χ2v) is 12.4. The minimum absolute atomic E-state index is 0.0268. The molecule has 3 rings (SSSR count). The molecular formula is C27H27Cl4N3O4S. The van der Waals surface area contributed by atoms with Crippen molar-refractivity contribution in [1.82, 2.24) is 10.2 Å². The zero-order chi connectivity index (χ0) is 28.9. The van der Waals surface area contributed by atoms with Gasteiger partial charge in [0.1, 0.15) is 12.6 Å². The smallest absolute Gasteiger partial charge is 0.264 e. The molecule has 12 heteroatoms. The standard InChI is InChI=1S/C27H27Cl4N3O4S/c1-4-32-27(36)18(3)33(15-19-7-8-20(28)14-25(19)31)26(35)16-34(23-12-21(29)11-22(30)13-23)39(37,38)24-9-5-17(2)6-10-24/h5-14,18H,4,15-16H2,1-3H3,(H,32,36)/t18-/m0/s1. The second-order valence-electron chi connectivity index (χ2n) is 8.78. The highest BCUT2D eigenvalue weighted by molar-refractivity contribution is 7.92. The molecule has 0 aliphatic heterocycles. The van der Waals surface area contributed by atoms with Crippen LogP contribution >= 0.6 is 46.4 Å². The SMILES string of the molecule is CCNC(=O)[C@H](C)N(Cc1ccc(Cl)cc1Cl)C(=O)CN(c1cc(Cl)cc(Cl)c1)S(=O)(=O)c1ccc(C)cc1. The van der Waals surface area contributed by atoms with Crippen LogP contribution in [0.4, 0.5) is 5.69 Å². The van der Waals surface area contributed by atoms with Crippen LogP contribution in [0.15, 0.2) is 65.6 Å². The molecule has 0 heterocycles. The van der Waals surface area contributed by atoms with Crippen LogP contribution in [0, 0.1) is 6.92 Å². The maximum Gasteiger partial charge on any atom is 0.264 e. The molecule has 0 aromatic heterocycles. The molecule has 0 unspecified atom stereocenters. The van der Waals surface area contributed by atoms with Crippen molar-refractivity contribution in [1.29, 1.82) is 0 Å². The second kappa shape index (κ2) is 13.2. The van der Waals surface area contributed by atoms with E-state index in [0.29, 0.717) is 22.2 Å². The highest BCUT2D eigenvalue weighted by atomic mass is 35.5. The van der Waals surface area contributed by atoms with Crippen LogP contribution in [0.5, 0.6) is 0 Å². The number of halogens is 4. The van der Waals surface area contributed by atoms with Crippen molar-refractivity contribution in [2.75, 3.05) is 17.4 Å². The van der Waals surface area contributed by atoms with E-state index in [-0.39, 0.29) is 27.2 Å². The van der Waals surface area contributed by atoms with Crippen molar-refractivity contribution in [3.8, 4) is 0 Å². The fraction of sp³-hybridized carbons (Fsp3) is 0.259. The Labute approximate surface area is 248 Å². The van der Waals surface area contributed by atoms with Gasteiger partial charge in [0, 0.05) is 33.2 Å². The van der Waals surface area contributed by atoms with Gasteiger partial charge in [-0.05, 0) is 68.8 Å². The number of sulfonamides is 1. The van der Waals surface area contributed by atoms with Gasteiger partial charge in [0.15, 0.2) is 0 Å². The van der Waals surface area contributed by atoms with Gasteiger partial charge in [-0.1, -0.05) is 70.2 Å². The van der Waals surface area contributed by atoms with Gasteiger partial charge >= 0.3 is 0 Å². The quantitative estimate of drug-likeness (QED) is 0.283. The van der Waals surface area contributed by atoms with Crippen LogP contribution in [-0.4, -0.2) is 44.3 Å². The van der Waals surface area contributed by atoms with Gasteiger partial charge in [-0.25, -0.2) is 8.42 Å². The third kappa shape index (κ3) is 7.80. The maximum absolute atomic E-state index is 13.9. The van der Waals surface area contributed by atoms with Gasteiger partial charge in [0.2, 0.25) is 11.8 Å². The largest absolute Gasteiger partial charge is 0.355 e. The van der Waals surface area contributed by atoms with Gasteiger partial charge in [0.25, 0.3) is 10.0 Å². The van der Waals surface area contributed by atoms with Crippen LogP contribution in [0.1, 0.15) is 25.0 Å². The molecule has 2 amide bonds. The Bertz CT molecular complexity index is 1450. The van der Waals surface area contributed by atoms with Crippen LogP contribution in [0.2, 0.25) is 20.1 Å². The minimum Gasteiger partial charge on any atom is -0.355 e. The molecule has 1 atom stereocenters. The first kappa shape index (κ1) is 31.0. The zero-order valence-corrected chi connectivity index (χ0v) is 25.3. The molecule has 0 aliphatic rings. The number of likely N-dealkylation sites (N-methyl/N-ethyl adjacent to an activating group) is 1. The van der Waals surface area contributed by atoms with Gasteiger partial charge in [-0.15, -0.1) is 0 Å². The number of amides is 2. The Hall–Kier alpha value is -2.49. The Morgan fingerprint density at radius 1 is 0.897 bits per heavy atom. The van der Waals surface area contributed by atoms with Crippen LogP contribution in [-0.2, 0) is 26.2 Å². The highest BCUT2D eigenvalue weighted by Gasteiger charge is 2.33. The lowest BCUT2D eigenvalue weighted by molar-refractivity contribution is -0.139. The highest BCUT2D eigenvalue weighted by Crippen LogP contribution is 2.30. The summed E-state index contributed by atoms with van der Waals surface area (Å²) in [6.07, 6.45) is 0. The number of hydrogen-bond donors (Lipinski definition) is 1. The van der Waals surface area contributed by atoms with E-state index in [1.54, 1.807) is 38.1 Å². The van der Waals surface area contributed by atoms with E-state index in [2.05, 4.69) is 5.32 Å². The summed E-state index contributed by atoms with van der Waals surface area (Å²) >= 11 is 24.8. The molecule has 3 aromatic carbocycles. The number of benzene rings is 3. The van der Waals surface area contributed by atoms with E-state index in [1.807, 2.05) is 6.92 Å². The monoisotopic (exact) mass is 629 g/mol. The lowest BCUT2D eigenvalue weighted by Crippen LogP contribution is -2.51. The van der Waals surface area contributed by atoms with E-state index in [4.69, 9.17) is 46.4 Å². The average molecular weight is 631 g/mol. The van der Waals surface area contributed by atoms with Crippen molar-refractivity contribution < 1.29 is 18.0 Å². The lowest BCUT2D eigenvalue weighted by atomic mass is 10.1. The summed E-state index contributed by atoms with van der Waals surface area (Å²) in [6.45, 7) is 4.79. The van der Waals surface area contributed by atoms with Crippen molar-refractivity contribution in [3.63, 3.8) is 0 Å². The van der Waals surface area contributed by atoms with Crippen molar-refractivity contribution >= 4 is 73.9 Å². The first-order valence-electron chi connectivity index (χ1n) is 11.9. The molecule has 0 saturated heterocycles. The number of carbonyl (C=O) groups excluding carboxylic acids is 2. The molecule has 3 aromatic rings. The Balaban J connectivity index is 2.08. The maximum atomic E-state index is 13.9. The van der Waals surface area contributed by atoms with Crippen molar-refractivity contribution in [3.05, 3.63) is 91.9 Å². The van der Waals surface area contributed by atoms with Crippen LogP contribution in [0.3, 0.4) is 0 Å². The van der Waals surface area contributed by atoms with Crippen LogP contribution in [0.25, 0.3) is 0 Å². The van der Waals surface area contributed by atoms with Gasteiger partial charge in [-0.2, -0.15) is 0 Å². The summed E-state index contributed by atoms with van der Waals surface area (Å²) in [5, 5.41) is 3.79. The van der Waals surface area contributed by atoms with E-state index in [1.165, 1.54) is 41.3 Å². The number of nitrogens with zero attached hydrogens (tertiary/aromatic N) is 2. The minimum atomic E-state index is -4.25. The van der Waals surface area contributed by atoms with E-state index >= 15 is 0 Å². The fourth-order valence-corrected chi connectivity index (χ4v) is 6.17. The lowest BCUT2D eigenvalue weighted by Gasteiger charge is -2.32. The fourth-order valence-electron chi connectivity index (χ4n) is 3.79. The zero-order valence-electron chi connectivity index (χ0n) is 21.4.